The van der Waals surface area contributed by atoms with Crippen LogP contribution >= 0.6 is 0 Å². The van der Waals surface area contributed by atoms with Crippen molar-refractivity contribution in [3.05, 3.63) is 54.6 Å². The van der Waals surface area contributed by atoms with Gasteiger partial charge in [0.2, 0.25) is 11.9 Å². The van der Waals surface area contributed by atoms with Gasteiger partial charge in [-0.05, 0) is 45.0 Å². The zero-order valence-corrected chi connectivity index (χ0v) is 19.0. The molecule has 3 heterocycles. The topological polar surface area (TPSA) is 89.2 Å². The van der Waals surface area contributed by atoms with Gasteiger partial charge in [-0.15, -0.1) is 6.58 Å². The molecule has 1 aromatic carbocycles. The second kappa shape index (κ2) is 11.8. The summed E-state index contributed by atoms with van der Waals surface area (Å²) in [5, 5.41) is 9.55. The van der Waals surface area contributed by atoms with Crippen molar-refractivity contribution in [3.8, 4) is 23.1 Å². The zero-order chi connectivity index (χ0) is 22.8. The Hall–Kier alpha value is -3.26. The zero-order valence-electron chi connectivity index (χ0n) is 19.0. The molecular formula is C23H32N6O2. The van der Waals surface area contributed by atoms with Crippen LogP contribution in [0, 0.1) is 13.8 Å². The molecule has 0 aliphatic carbocycles. The second-order valence-electron chi connectivity index (χ2n) is 6.61. The Bertz CT molecular complexity index is 963. The van der Waals surface area contributed by atoms with E-state index in [4.69, 9.17) is 4.74 Å². The molecule has 1 fully saturated rings. The average Bonchev–Trinajstić information content (AvgIpc) is 3.14. The number of imidazole rings is 1. The van der Waals surface area contributed by atoms with E-state index < -0.39 is 0 Å². The smallest absolute Gasteiger partial charge is 0.240 e. The Morgan fingerprint density at radius 1 is 0.968 bits per heavy atom. The van der Waals surface area contributed by atoms with Gasteiger partial charge in [0.1, 0.15) is 11.6 Å². The van der Waals surface area contributed by atoms with Crippen molar-refractivity contribution in [2.75, 3.05) is 31.2 Å². The molecule has 0 spiro atoms. The van der Waals surface area contributed by atoms with Gasteiger partial charge in [0.05, 0.1) is 18.9 Å². The molecule has 166 valence electrons. The summed E-state index contributed by atoms with van der Waals surface area (Å²) < 4.78 is 7.30. The first-order valence-corrected chi connectivity index (χ1v) is 10.5. The van der Waals surface area contributed by atoms with E-state index in [1.54, 1.807) is 30.3 Å². The number of phenolic OH excluding ortho intramolecular Hbond substituents is 1. The van der Waals surface area contributed by atoms with Crippen molar-refractivity contribution < 1.29 is 9.84 Å². The van der Waals surface area contributed by atoms with Crippen LogP contribution in [0.15, 0.2) is 43.1 Å². The molecule has 0 atom stereocenters. The van der Waals surface area contributed by atoms with Crippen LogP contribution in [-0.4, -0.2) is 55.9 Å². The largest absolute Gasteiger partial charge is 0.508 e. The van der Waals surface area contributed by atoms with E-state index in [-0.39, 0.29) is 5.75 Å². The highest BCUT2D eigenvalue weighted by atomic mass is 16.5. The van der Waals surface area contributed by atoms with Crippen LogP contribution in [0.2, 0.25) is 0 Å². The third-order valence-electron chi connectivity index (χ3n) is 4.25. The molecule has 0 saturated carbocycles. The Morgan fingerprint density at radius 2 is 1.55 bits per heavy atom. The lowest BCUT2D eigenvalue weighted by molar-refractivity contribution is 0.122. The molecule has 31 heavy (non-hydrogen) atoms. The predicted molar refractivity (Wildman–Crippen MR) is 124 cm³/mol. The van der Waals surface area contributed by atoms with Crippen LogP contribution < -0.4 is 4.90 Å². The lowest BCUT2D eigenvalue weighted by Crippen LogP contribution is -2.37. The molecule has 3 aromatic rings. The van der Waals surface area contributed by atoms with Gasteiger partial charge in [-0.3, -0.25) is 4.57 Å². The van der Waals surface area contributed by atoms with Crippen LogP contribution in [0.4, 0.5) is 5.95 Å². The number of aryl methyl sites for hydroxylation is 2. The van der Waals surface area contributed by atoms with Crippen molar-refractivity contribution in [1.82, 2.24) is 24.5 Å². The van der Waals surface area contributed by atoms with Crippen molar-refractivity contribution >= 4 is 5.95 Å². The maximum absolute atomic E-state index is 9.55. The van der Waals surface area contributed by atoms with Gasteiger partial charge in [0.15, 0.2) is 5.82 Å². The van der Waals surface area contributed by atoms with Gasteiger partial charge in [0, 0.05) is 24.8 Å². The number of aromatic hydroxyl groups is 1. The quantitative estimate of drug-likeness (QED) is 0.633. The molecule has 1 aliphatic heterocycles. The molecule has 2 aromatic heterocycles. The summed E-state index contributed by atoms with van der Waals surface area (Å²) in [7, 11) is 0. The second-order valence-corrected chi connectivity index (χ2v) is 6.61. The van der Waals surface area contributed by atoms with E-state index in [1.165, 1.54) is 0 Å². The Balaban J connectivity index is 0.000000630. The summed E-state index contributed by atoms with van der Waals surface area (Å²) >= 11 is 0. The highest BCUT2D eigenvalue weighted by molar-refractivity contribution is 5.58. The summed E-state index contributed by atoms with van der Waals surface area (Å²) in [6.45, 7) is 15.9. The van der Waals surface area contributed by atoms with E-state index in [0.29, 0.717) is 30.9 Å². The molecule has 0 radical (unpaired) electrons. The number of allylic oxidation sites excluding steroid dienone is 1. The number of hydrogen-bond donors (Lipinski definition) is 1. The molecule has 8 nitrogen and oxygen atoms in total. The van der Waals surface area contributed by atoms with Gasteiger partial charge in [-0.25, -0.2) is 4.98 Å². The third-order valence-corrected chi connectivity index (χ3v) is 4.25. The van der Waals surface area contributed by atoms with Gasteiger partial charge in [-0.2, -0.15) is 15.0 Å². The number of ether oxygens (including phenoxy) is 1. The number of phenols is 1. The number of nitrogens with zero attached hydrogens (tertiary/aromatic N) is 6. The maximum Gasteiger partial charge on any atom is 0.240 e. The van der Waals surface area contributed by atoms with E-state index in [2.05, 4.69) is 31.4 Å². The first-order chi connectivity index (χ1) is 15.0. The van der Waals surface area contributed by atoms with Gasteiger partial charge >= 0.3 is 0 Å². The van der Waals surface area contributed by atoms with Crippen molar-refractivity contribution in [2.24, 2.45) is 0 Å². The van der Waals surface area contributed by atoms with Crippen LogP contribution in [-0.2, 0) is 4.74 Å². The lowest BCUT2D eigenvalue weighted by atomic mass is 10.2. The molecule has 1 N–H and O–H groups in total. The van der Waals surface area contributed by atoms with Crippen LogP contribution in [0.5, 0.6) is 5.75 Å². The van der Waals surface area contributed by atoms with Crippen LogP contribution in [0.25, 0.3) is 17.3 Å². The lowest BCUT2D eigenvalue weighted by Gasteiger charge is -2.27. The minimum absolute atomic E-state index is 0.206. The van der Waals surface area contributed by atoms with Crippen molar-refractivity contribution in [2.45, 2.75) is 34.6 Å². The average molecular weight is 425 g/mol. The number of hydrogen-bond acceptors (Lipinski definition) is 7. The maximum atomic E-state index is 9.55. The fourth-order valence-corrected chi connectivity index (χ4v) is 2.93. The van der Waals surface area contributed by atoms with Crippen LogP contribution in [0.3, 0.4) is 0 Å². The summed E-state index contributed by atoms with van der Waals surface area (Å²) in [5.41, 5.74) is 1.72. The molecule has 1 aliphatic rings. The third kappa shape index (κ3) is 6.36. The Kier molecular flexibility index (Phi) is 9.14. The molecular weight excluding hydrogens is 392 g/mol. The normalized spacial score (nSPS) is 12.9. The van der Waals surface area contributed by atoms with E-state index in [9.17, 15) is 5.11 Å². The molecule has 1 saturated heterocycles. The summed E-state index contributed by atoms with van der Waals surface area (Å²) in [6, 6.07) is 6.84. The van der Waals surface area contributed by atoms with E-state index >= 15 is 0 Å². The van der Waals surface area contributed by atoms with Crippen molar-refractivity contribution in [1.29, 1.82) is 0 Å². The van der Waals surface area contributed by atoms with Gasteiger partial charge in [0.25, 0.3) is 0 Å². The Morgan fingerprint density at radius 3 is 2.10 bits per heavy atom. The number of anilines is 1. The number of benzene rings is 1. The number of rotatable bonds is 3. The SMILES string of the molecule is C=CC.CC.Cc1cn(-c2nc(-c3ccc(O)cc3)nc(N3CCOCC3)n2)c(C)n1. The summed E-state index contributed by atoms with van der Waals surface area (Å²) in [4.78, 5) is 20.5. The minimum atomic E-state index is 0.206. The molecule has 0 bridgehead atoms. The summed E-state index contributed by atoms with van der Waals surface area (Å²) in [6.07, 6.45) is 3.66. The first-order valence-electron chi connectivity index (χ1n) is 10.5. The molecule has 0 amide bonds. The van der Waals surface area contributed by atoms with E-state index in [0.717, 1.165) is 30.2 Å². The molecule has 4 rings (SSSR count). The number of morpholine rings is 1. The van der Waals surface area contributed by atoms with Gasteiger partial charge < -0.3 is 14.7 Å². The fraction of sp³-hybridized carbons (Fsp3) is 0.391. The highest BCUT2D eigenvalue weighted by Crippen LogP contribution is 2.22. The fourth-order valence-electron chi connectivity index (χ4n) is 2.93. The molecule has 0 unspecified atom stereocenters. The van der Waals surface area contributed by atoms with Crippen molar-refractivity contribution in [3.63, 3.8) is 0 Å². The monoisotopic (exact) mass is 424 g/mol. The van der Waals surface area contributed by atoms with Gasteiger partial charge in [-0.1, -0.05) is 19.9 Å². The standard InChI is InChI=1S/C18H20N6O2.C3H6.C2H6/c1-12-11-24(13(2)19-12)18-21-16(14-3-5-15(25)6-4-14)20-17(22-18)23-7-9-26-10-8-23;1-3-2;1-2/h3-6,11,25H,7-10H2,1-2H3;3H,1H2,2H3;1-2H3. The van der Waals surface area contributed by atoms with E-state index in [1.807, 2.05) is 45.4 Å². The first kappa shape index (κ1) is 24.0. The highest BCUT2D eigenvalue weighted by Gasteiger charge is 2.18. The molecule has 8 heteroatoms. The predicted octanol–water partition coefficient (Wildman–Crippen LogP) is 4.10. The number of aromatic nitrogens is 5. The minimum Gasteiger partial charge on any atom is -0.508 e. The Labute approximate surface area is 184 Å². The van der Waals surface area contributed by atoms with Crippen LogP contribution in [0.1, 0.15) is 32.3 Å². The summed E-state index contributed by atoms with van der Waals surface area (Å²) in [5.74, 6) is 2.73.